The van der Waals surface area contributed by atoms with Gasteiger partial charge in [0, 0.05) is 21.7 Å². The van der Waals surface area contributed by atoms with E-state index in [9.17, 15) is 18.7 Å². The van der Waals surface area contributed by atoms with Gasteiger partial charge in [0.1, 0.15) is 22.9 Å². The van der Waals surface area contributed by atoms with Crippen LogP contribution in [-0.2, 0) is 5.60 Å². The molecule has 0 unspecified atom stereocenters. The molecule has 0 fully saturated rings. The SMILES string of the molecule is C[C@](O)(CNC(=O)c1cc(-c2ccc(Br)cc2)n[nH]1)c1ccc(F)cc1F. The average molecular weight is 436 g/mol. The molecule has 3 aromatic rings. The normalized spacial score (nSPS) is 13.2. The van der Waals surface area contributed by atoms with Crippen LogP contribution in [0.1, 0.15) is 23.0 Å². The molecule has 27 heavy (non-hydrogen) atoms. The van der Waals surface area contributed by atoms with E-state index in [2.05, 4.69) is 31.4 Å². The number of aliphatic hydroxyl groups is 1. The molecule has 0 aliphatic rings. The van der Waals surface area contributed by atoms with Gasteiger partial charge >= 0.3 is 0 Å². The number of carbonyl (C=O) groups excluding carboxylic acids is 1. The number of aromatic nitrogens is 2. The van der Waals surface area contributed by atoms with E-state index in [1.54, 1.807) is 6.07 Å². The first-order valence-corrected chi connectivity index (χ1v) is 8.83. The minimum atomic E-state index is -1.71. The van der Waals surface area contributed by atoms with Crippen molar-refractivity contribution in [2.45, 2.75) is 12.5 Å². The van der Waals surface area contributed by atoms with Crippen LogP contribution in [0.5, 0.6) is 0 Å². The van der Waals surface area contributed by atoms with E-state index in [1.165, 1.54) is 6.92 Å². The summed E-state index contributed by atoms with van der Waals surface area (Å²) < 4.78 is 27.8. The highest BCUT2D eigenvalue weighted by molar-refractivity contribution is 9.10. The highest BCUT2D eigenvalue weighted by Gasteiger charge is 2.28. The van der Waals surface area contributed by atoms with Crippen LogP contribution in [0.3, 0.4) is 0 Å². The van der Waals surface area contributed by atoms with Gasteiger partial charge in [-0.1, -0.05) is 34.1 Å². The summed E-state index contributed by atoms with van der Waals surface area (Å²) in [5.41, 5.74) is -0.201. The van der Waals surface area contributed by atoms with Gasteiger partial charge in [0.15, 0.2) is 0 Å². The van der Waals surface area contributed by atoms with Crippen molar-refractivity contribution in [3.63, 3.8) is 0 Å². The van der Waals surface area contributed by atoms with E-state index in [4.69, 9.17) is 0 Å². The number of carbonyl (C=O) groups is 1. The van der Waals surface area contributed by atoms with Crippen molar-refractivity contribution in [1.29, 1.82) is 0 Å². The Morgan fingerprint density at radius 3 is 2.59 bits per heavy atom. The number of hydrogen-bond donors (Lipinski definition) is 3. The zero-order valence-corrected chi connectivity index (χ0v) is 15.8. The second kappa shape index (κ2) is 7.58. The Bertz CT molecular complexity index is 971. The van der Waals surface area contributed by atoms with E-state index >= 15 is 0 Å². The lowest BCUT2D eigenvalue weighted by Gasteiger charge is -2.24. The van der Waals surface area contributed by atoms with Gasteiger partial charge in [0.2, 0.25) is 0 Å². The third-order valence-electron chi connectivity index (χ3n) is 4.07. The minimum absolute atomic E-state index is 0.107. The van der Waals surface area contributed by atoms with E-state index in [0.717, 1.165) is 22.2 Å². The zero-order chi connectivity index (χ0) is 19.6. The van der Waals surface area contributed by atoms with E-state index in [0.29, 0.717) is 11.8 Å². The molecule has 0 saturated heterocycles. The molecule has 140 valence electrons. The standard InChI is InChI=1S/C19H16BrF2N3O2/c1-19(27,14-7-6-13(21)8-15(14)22)10-23-18(26)17-9-16(24-25-17)11-2-4-12(20)5-3-11/h2-9,27H,10H2,1H3,(H,23,26)(H,24,25)/t19-/m0/s1. The van der Waals surface area contributed by atoms with Crippen LogP contribution in [0.4, 0.5) is 8.78 Å². The smallest absolute Gasteiger partial charge is 0.269 e. The average Bonchev–Trinajstić information content (AvgIpc) is 3.10. The third-order valence-corrected chi connectivity index (χ3v) is 4.60. The maximum absolute atomic E-state index is 13.9. The van der Waals surface area contributed by atoms with Crippen molar-refractivity contribution in [2.75, 3.05) is 6.54 Å². The predicted octanol–water partition coefficient (Wildman–Crippen LogP) is 3.75. The summed E-state index contributed by atoms with van der Waals surface area (Å²) in [6.45, 7) is 1.07. The Morgan fingerprint density at radius 1 is 1.22 bits per heavy atom. The van der Waals surface area contributed by atoms with Crippen molar-refractivity contribution in [2.24, 2.45) is 0 Å². The van der Waals surface area contributed by atoms with Crippen LogP contribution in [0.25, 0.3) is 11.3 Å². The second-order valence-corrected chi connectivity index (χ2v) is 7.17. The molecule has 2 aromatic carbocycles. The zero-order valence-electron chi connectivity index (χ0n) is 14.3. The van der Waals surface area contributed by atoms with Gasteiger partial charge in [0.25, 0.3) is 5.91 Å². The monoisotopic (exact) mass is 435 g/mol. The summed E-state index contributed by atoms with van der Waals surface area (Å²) in [6.07, 6.45) is 0. The lowest BCUT2D eigenvalue weighted by molar-refractivity contribution is 0.0493. The molecule has 8 heteroatoms. The molecule has 1 atom stereocenters. The van der Waals surface area contributed by atoms with E-state index < -0.39 is 23.1 Å². The first kappa shape index (κ1) is 19.2. The Morgan fingerprint density at radius 2 is 1.93 bits per heavy atom. The van der Waals surface area contributed by atoms with Crippen molar-refractivity contribution in [1.82, 2.24) is 15.5 Å². The van der Waals surface area contributed by atoms with Crippen LogP contribution >= 0.6 is 15.9 Å². The number of rotatable bonds is 5. The maximum Gasteiger partial charge on any atom is 0.269 e. The van der Waals surface area contributed by atoms with Crippen LogP contribution in [0.15, 0.2) is 53.0 Å². The highest BCUT2D eigenvalue weighted by atomic mass is 79.9. The first-order chi connectivity index (χ1) is 12.8. The molecule has 0 aliphatic carbocycles. The minimum Gasteiger partial charge on any atom is -0.383 e. The molecule has 1 aromatic heterocycles. The van der Waals surface area contributed by atoms with Crippen molar-refractivity contribution in [3.8, 4) is 11.3 Å². The van der Waals surface area contributed by atoms with Crippen molar-refractivity contribution >= 4 is 21.8 Å². The van der Waals surface area contributed by atoms with Crippen LogP contribution < -0.4 is 5.32 Å². The van der Waals surface area contributed by atoms with Crippen LogP contribution in [-0.4, -0.2) is 27.8 Å². The van der Waals surface area contributed by atoms with E-state index in [-0.39, 0.29) is 17.8 Å². The topological polar surface area (TPSA) is 78.0 Å². The Labute approximate surface area is 162 Å². The number of aromatic amines is 1. The molecular weight excluding hydrogens is 420 g/mol. The summed E-state index contributed by atoms with van der Waals surface area (Å²) in [5, 5.41) is 19.7. The Kier molecular flexibility index (Phi) is 5.38. The summed E-state index contributed by atoms with van der Waals surface area (Å²) >= 11 is 3.35. The first-order valence-electron chi connectivity index (χ1n) is 8.04. The third kappa shape index (κ3) is 4.40. The van der Waals surface area contributed by atoms with Crippen LogP contribution in [0.2, 0.25) is 0 Å². The molecule has 3 N–H and O–H groups in total. The molecule has 1 amide bonds. The van der Waals surface area contributed by atoms with Crippen LogP contribution in [0, 0.1) is 11.6 Å². The molecule has 0 bridgehead atoms. The largest absolute Gasteiger partial charge is 0.383 e. The molecule has 0 radical (unpaired) electrons. The fourth-order valence-electron chi connectivity index (χ4n) is 2.58. The number of nitrogens with zero attached hydrogens (tertiary/aromatic N) is 1. The Balaban J connectivity index is 1.69. The second-order valence-electron chi connectivity index (χ2n) is 6.25. The summed E-state index contributed by atoms with van der Waals surface area (Å²) in [7, 11) is 0. The number of benzene rings is 2. The van der Waals surface area contributed by atoms with Gasteiger partial charge in [-0.05, 0) is 31.2 Å². The Hall–Kier alpha value is -2.58. The lowest BCUT2D eigenvalue weighted by Crippen LogP contribution is -2.39. The van der Waals surface area contributed by atoms with Gasteiger partial charge in [0.05, 0.1) is 12.2 Å². The number of hydrogen-bond acceptors (Lipinski definition) is 3. The van der Waals surface area contributed by atoms with Gasteiger partial charge in [-0.3, -0.25) is 9.89 Å². The summed E-state index contributed by atoms with van der Waals surface area (Å²) in [5.74, 6) is -2.13. The molecule has 0 spiro atoms. The fourth-order valence-corrected chi connectivity index (χ4v) is 2.84. The quantitative estimate of drug-likeness (QED) is 0.570. The molecule has 5 nitrogen and oxygen atoms in total. The molecule has 1 heterocycles. The number of nitrogens with one attached hydrogen (secondary N) is 2. The van der Waals surface area contributed by atoms with Crippen molar-refractivity contribution < 1.29 is 18.7 Å². The maximum atomic E-state index is 13.9. The highest BCUT2D eigenvalue weighted by Crippen LogP contribution is 2.24. The van der Waals surface area contributed by atoms with E-state index in [1.807, 2.05) is 24.3 Å². The van der Waals surface area contributed by atoms with Gasteiger partial charge in [-0.25, -0.2) is 8.78 Å². The van der Waals surface area contributed by atoms with Crippen molar-refractivity contribution in [3.05, 3.63) is 75.9 Å². The predicted molar refractivity (Wildman–Crippen MR) is 100.0 cm³/mol. The number of amides is 1. The van der Waals surface area contributed by atoms with Gasteiger partial charge in [-0.15, -0.1) is 0 Å². The number of halogens is 3. The lowest BCUT2D eigenvalue weighted by atomic mass is 9.95. The molecule has 3 rings (SSSR count). The number of H-pyrrole nitrogens is 1. The fraction of sp³-hybridized carbons (Fsp3) is 0.158. The van der Waals surface area contributed by atoms with Gasteiger partial charge < -0.3 is 10.4 Å². The van der Waals surface area contributed by atoms with Gasteiger partial charge in [-0.2, -0.15) is 5.10 Å². The summed E-state index contributed by atoms with van der Waals surface area (Å²) in [6, 6.07) is 11.9. The molecule has 0 saturated carbocycles. The summed E-state index contributed by atoms with van der Waals surface area (Å²) in [4.78, 5) is 12.3. The molecular formula is C19H16BrF2N3O2. The molecule has 0 aliphatic heterocycles.